The summed E-state index contributed by atoms with van der Waals surface area (Å²) >= 11 is 0. The topological polar surface area (TPSA) is 50.2 Å². The Hall–Kier alpha value is -1.59. The molecule has 0 unspecified atom stereocenters. The quantitative estimate of drug-likeness (QED) is 0.830. The lowest BCUT2D eigenvalue weighted by atomic mass is 10.1. The number of nitrogens with zero attached hydrogens (tertiary/aromatic N) is 1. The Labute approximate surface area is 83.6 Å². The first-order valence-electron chi connectivity index (χ1n) is 4.16. The Kier molecular flexibility index (Phi) is 2.97. The molecule has 0 spiro atoms. The molecule has 1 heterocycles. The lowest BCUT2D eigenvalue weighted by Crippen LogP contribution is -2.12. The summed E-state index contributed by atoms with van der Waals surface area (Å²) in [6.45, 7) is 1.61. The smallest absolute Gasteiger partial charge is 0.433 e. The predicted octanol–water partition coefficient (Wildman–Crippen LogP) is 2.36. The first-order chi connectivity index (χ1) is 6.84. The summed E-state index contributed by atoms with van der Waals surface area (Å²) in [5.41, 5.74) is -1.45. The highest BCUT2D eigenvalue weighted by molar-refractivity contribution is 5.87. The van der Waals surface area contributed by atoms with E-state index in [9.17, 15) is 18.0 Å². The third-order valence-electron chi connectivity index (χ3n) is 1.78. The fraction of sp³-hybridized carbons (Fsp3) is 0.333. The largest absolute Gasteiger partial charge is 0.478 e. The summed E-state index contributed by atoms with van der Waals surface area (Å²) < 4.78 is 36.9. The molecular weight excluding hydrogens is 211 g/mol. The van der Waals surface area contributed by atoms with Crippen LogP contribution in [0.4, 0.5) is 13.2 Å². The van der Waals surface area contributed by atoms with Gasteiger partial charge in [-0.2, -0.15) is 13.2 Å². The zero-order valence-electron chi connectivity index (χ0n) is 7.80. The third kappa shape index (κ3) is 2.68. The molecule has 0 amide bonds. The third-order valence-corrected chi connectivity index (χ3v) is 1.78. The van der Waals surface area contributed by atoms with Crippen molar-refractivity contribution < 1.29 is 23.1 Å². The first-order valence-corrected chi connectivity index (χ1v) is 4.16. The van der Waals surface area contributed by atoms with Gasteiger partial charge in [-0.3, -0.25) is 0 Å². The van der Waals surface area contributed by atoms with E-state index in [0.29, 0.717) is 6.07 Å². The molecule has 0 saturated heterocycles. The Morgan fingerprint density at radius 2 is 2.07 bits per heavy atom. The minimum absolute atomic E-state index is 0.113. The Balaban J connectivity index is 3.30. The Morgan fingerprint density at radius 1 is 1.47 bits per heavy atom. The van der Waals surface area contributed by atoms with Crippen LogP contribution in [0.5, 0.6) is 0 Å². The number of alkyl halides is 3. The fourth-order valence-corrected chi connectivity index (χ4v) is 1.04. The van der Waals surface area contributed by atoms with Crippen LogP contribution in [0.3, 0.4) is 0 Å². The maximum Gasteiger partial charge on any atom is 0.433 e. The van der Waals surface area contributed by atoms with E-state index in [-0.39, 0.29) is 12.1 Å². The van der Waals surface area contributed by atoms with Crippen LogP contribution in [0.15, 0.2) is 12.1 Å². The second-order valence-corrected chi connectivity index (χ2v) is 2.89. The molecule has 1 aromatic rings. The van der Waals surface area contributed by atoms with Gasteiger partial charge in [-0.25, -0.2) is 9.78 Å². The molecule has 0 radical (unpaired) electrons. The summed E-state index contributed by atoms with van der Waals surface area (Å²) in [5.74, 6) is -1.39. The van der Waals surface area contributed by atoms with Crippen LogP contribution in [0.1, 0.15) is 28.7 Å². The van der Waals surface area contributed by atoms with Crippen LogP contribution in [0.25, 0.3) is 0 Å². The number of hydrogen-bond donors (Lipinski definition) is 1. The molecule has 0 fully saturated rings. The molecule has 0 aliphatic rings. The number of pyridine rings is 1. The molecule has 1 rings (SSSR count). The summed E-state index contributed by atoms with van der Waals surface area (Å²) in [4.78, 5) is 13.9. The van der Waals surface area contributed by atoms with E-state index in [1.54, 1.807) is 6.92 Å². The second kappa shape index (κ2) is 3.88. The lowest BCUT2D eigenvalue weighted by Gasteiger charge is -2.08. The van der Waals surface area contributed by atoms with Gasteiger partial charge in [0.15, 0.2) is 0 Å². The van der Waals surface area contributed by atoms with E-state index < -0.39 is 23.4 Å². The minimum atomic E-state index is -4.62. The molecule has 0 atom stereocenters. The molecule has 0 saturated carbocycles. The van der Waals surface area contributed by atoms with Crippen LogP contribution >= 0.6 is 0 Å². The van der Waals surface area contributed by atoms with E-state index in [2.05, 4.69) is 4.98 Å². The van der Waals surface area contributed by atoms with Gasteiger partial charge in [-0.1, -0.05) is 6.92 Å². The van der Waals surface area contributed by atoms with Crippen LogP contribution in [0, 0.1) is 0 Å². The standard InChI is InChI=1S/C9H8F3NO2/c1-2-6-3-5(8(14)15)4-7(13-6)9(10,11)12/h3-4H,2H2,1H3,(H,14,15). The molecule has 1 N–H and O–H groups in total. The summed E-state index contributed by atoms with van der Waals surface area (Å²) in [6, 6.07) is 1.67. The molecule has 0 aliphatic carbocycles. The number of rotatable bonds is 2. The highest BCUT2D eigenvalue weighted by Gasteiger charge is 2.33. The summed E-state index contributed by atoms with van der Waals surface area (Å²) in [6.07, 6.45) is -4.36. The van der Waals surface area contributed by atoms with Crippen LogP contribution in [-0.4, -0.2) is 16.1 Å². The van der Waals surface area contributed by atoms with Crippen molar-refractivity contribution in [3.05, 3.63) is 29.1 Å². The molecule has 82 valence electrons. The second-order valence-electron chi connectivity index (χ2n) is 2.89. The number of aromatic nitrogens is 1. The maximum atomic E-state index is 12.3. The highest BCUT2D eigenvalue weighted by atomic mass is 19.4. The number of aromatic carboxylic acids is 1. The molecule has 1 aromatic heterocycles. The molecule has 15 heavy (non-hydrogen) atoms. The van der Waals surface area contributed by atoms with Crippen LogP contribution in [0.2, 0.25) is 0 Å². The number of aryl methyl sites for hydroxylation is 1. The van der Waals surface area contributed by atoms with Gasteiger partial charge >= 0.3 is 12.1 Å². The molecule has 0 aromatic carbocycles. The van der Waals surface area contributed by atoms with Crippen molar-refractivity contribution >= 4 is 5.97 Å². The fourth-order valence-electron chi connectivity index (χ4n) is 1.04. The van der Waals surface area contributed by atoms with Gasteiger partial charge < -0.3 is 5.11 Å². The number of carbonyl (C=O) groups is 1. The number of carboxylic acid groups (broad SMARTS) is 1. The van der Waals surface area contributed by atoms with Crippen molar-refractivity contribution in [1.82, 2.24) is 4.98 Å². The molecule has 0 bridgehead atoms. The zero-order chi connectivity index (χ0) is 11.6. The predicted molar refractivity (Wildman–Crippen MR) is 45.6 cm³/mol. The number of halogens is 3. The van der Waals surface area contributed by atoms with Crippen molar-refractivity contribution in [3.63, 3.8) is 0 Å². The summed E-state index contributed by atoms with van der Waals surface area (Å²) in [7, 11) is 0. The van der Waals surface area contributed by atoms with Crippen molar-refractivity contribution in [3.8, 4) is 0 Å². The van der Waals surface area contributed by atoms with Gasteiger partial charge in [0, 0.05) is 5.69 Å². The van der Waals surface area contributed by atoms with Crippen molar-refractivity contribution in [2.45, 2.75) is 19.5 Å². The van der Waals surface area contributed by atoms with Gasteiger partial charge in [-0.05, 0) is 18.6 Å². The lowest BCUT2D eigenvalue weighted by molar-refractivity contribution is -0.141. The highest BCUT2D eigenvalue weighted by Crippen LogP contribution is 2.28. The van der Waals surface area contributed by atoms with Crippen LogP contribution < -0.4 is 0 Å². The maximum absolute atomic E-state index is 12.3. The van der Waals surface area contributed by atoms with Gasteiger partial charge in [0.05, 0.1) is 5.56 Å². The van der Waals surface area contributed by atoms with Crippen molar-refractivity contribution in [1.29, 1.82) is 0 Å². The molecular formula is C9H8F3NO2. The van der Waals surface area contributed by atoms with Crippen molar-refractivity contribution in [2.75, 3.05) is 0 Å². The Bertz CT molecular complexity index is 387. The Morgan fingerprint density at radius 3 is 2.47 bits per heavy atom. The number of carboxylic acids is 1. The SMILES string of the molecule is CCc1cc(C(=O)O)cc(C(F)(F)F)n1. The van der Waals surface area contributed by atoms with E-state index in [4.69, 9.17) is 5.11 Å². The van der Waals surface area contributed by atoms with Gasteiger partial charge in [0.1, 0.15) is 5.69 Å². The monoisotopic (exact) mass is 219 g/mol. The molecule has 0 aliphatic heterocycles. The molecule has 6 heteroatoms. The minimum Gasteiger partial charge on any atom is -0.478 e. The molecule has 3 nitrogen and oxygen atoms in total. The normalized spacial score (nSPS) is 11.5. The van der Waals surface area contributed by atoms with Gasteiger partial charge in [0.25, 0.3) is 0 Å². The van der Waals surface area contributed by atoms with Gasteiger partial charge in [-0.15, -0.1) is 0 Å². The van der Waals surface area contributed by atoms with Crippen LogP contribution in [-0.2, 0) is 12.6 Å². The van der Waals surface area contributed by atoms with Gasteiger partial charge in [0.2, 0.25) is 0 Å². The zero-order valence-corrected chi connectivity index (χ0v) is 7.80. The van der Waals surface area contributed by atoms with E-state index in [0.717, 1.165) is 6.07 Å². The summed E-state index contributed by atoms with van der Waals surface area (Å²) in [5, 5.41) is 8.60. The number of hydrogen-bond acceptors (Lipinski definition) is 2. The average molecular weight is 219 g/mol. The van der Waals surface area contributed by atoms with E-state index >= 15 is 0 Å². The van der Waals surface area contributed by atoms with E-state index in [1.165, 1.54) is 0 Å². The average Bonchev–Trinajstić information content (AvgIpc) is 2.15. The van der Waals surface area contributed by atoms with Crippen molar-refractivity contribution in [2.24, 2.45) is 0 Å². The first kappa shape index (κ1) is 11.5. The van der Waals surface area contributed by atoms with E-state index in [1.807, 2.05) is 0 Å².